The SMILES string of the molecule is CCCC(O)CCCSC[C@H](N)C(=O)OC(C)CCCCCI. The molecule has 6 heteroatoms. The van der Waals surface area contributed by atoms with E-state index >= 15 is 0 Å². The molecule has 0 aliphatic rings. The number of ether oxygens (including phenoxy) is 1. The van der Waals surface area contributed by atoms with Crippen LogP contribution in [0.25, 0.3) is 0 Å². The second kappa shape index (κ2) is 16.0. The fraction of sp³-hybridized carbons (Fsp3) is 0.941. The highest BCUT2D eigenvalue weighted by Crippen LogP contribution is 2.12. The third-order valence-corrected chi connectivity index (χ3v) is 5.54. The minimum atomic E-state index is -0.544. The van der Waals surface area contributed by atoms with Gasteiger partial charge in [-0.25, -0.2) is 0 Å². The van der Waals surface area contributed by atoms with Crippen molar-refractivity contribution in [2.24, 2.45) is 5.73 Å². The molecule has 23 heavy (non-hydrogen) atoms. The molecule has 0 heterocycles. The molecule has 0 radical (unpaired) electrons. The van der Waals surface area contributed by atoms with Crippen LogP contribution < -0.4 is 5.73 Å². The lowest BCUT2D eigenvalue weighted by Gasteiger charge is -2.16. The molecular weight excluding hydrogens is 425 g/mol. The molecule has 0 aliphatic heterocycles. The Balaban J connectivity index is 3.65. The molecule has 0 aliphatic carbocycles. The standard InChI is InChI=1S/C17H34INO3S/c1-3-8-15(20)10-7-12-23-13-16(19)17(21)22-14(2)9-5-4-6-11-18/h14-16,20H,3-13,19H2,1-2H3/t14?,15?,16-/m0/s1. The van der Waals surface area contributed by atoms with Gasteiger partial charge in [-0.05, 0) is 55.6 Å². The minimum absolute atomic E-state index is 0.0445. The molecule has 0 aromatic rings. The molecule has 0 aromatic heterocycles. The molecule has 0 saturated heterocycles. The average molecular weight is 459 g/mol. The van der Waals surface area contributed by atoms with Crippen molar-refractivity contribution in [3.63, 3.8) is 0 Å². The zero-order valence-electron chi connectivity index (χ0n) is 14.6. The van der Waals surface area contributed by atoms with Gasteiger partial charge in [0.2, 0.25) is 0 Å². The summed E-state index contributed by atoms with van der Waals surface area (Å²) in [6.07, 6.45) is 7.87. The van der Waals surface area contributed by atoms with Crippen molar-refractivity contribution in [3.8, 4) is 0 Å². The van der Waals surface area contributed by atoms with Gasteiger partial charge >= 0.3 is 5.97 Å². The third kappa shape index (κ3) is 14.5. The largest absolute Gasteiger partial charge is 0.461 e. The van der Waals surface area contributed by atoms with Crippen molar-refractivity contribution >= 4 is 40.3 Å². The Morgan fingerprint density at radius 2 is 1.96 bits per heavy atom. The van der Waals surface area contributed by atoms with Gasteiger partial charge < -0.3 is 15.6 Å². The van der Waals surface area contributed by atoms with E-state index in [-0.39, 0.29) is 18.2 Å². The number of nitrogens with two attached hydrogens (primary N) is 1. The second-order valence-electron chi connectivity index (χ2n) is 6.05. The number of hydrogen-bond acceptors (Lipinski definition) is 5. The van der Waals surface area contributed by atoms with Gasteiger partial charge in [-0.1, -0.05) is 42.4 Å². The van der Waals surface area contributed by atoms with Gasteiger partial charge in [0.05, 0.1) is 12.2 Å². The molecule has 4 nitrogen and oxygen atoms in total. The van der Waals surface area contributed by atoms with E-state index < -0.39 is 6.04 Å². The number of thioether (sulfide) groups is 1. The molecule has 0 amide bonds. The van der Waals surface area contributed by atoms with Crippen LogP contribution in [0.4, 0.5) is 0 Å². The Bertz CT molecular complexity index is 295. The fourth-order valence-corrected chi connectivity index (χ4v) is 3.69. The lowest BCUT2D eigenvalue weighted by atomic mass is 10.1. The van der Waals surface area contributed by atoms with Crippen LogP contribution in [0.15, 0.2) is 0 Å². The maximum absolute atomic E-state index is 11.9. The first kappa shape index (κ1) is 23.5. The Labute approximate surface area is 159 Å². The monoisotopic (exact) mass is 459 g/mol. The summed E-state index contributed by atoms with van der Waals surface area (Å²) in [5.41, 5.74) is 5.89. The van der Waals surface area contributed by atoms with Crippen molar-refractivity contribution in [3.05, 3.63) is 0 Å². The van der Waals surface area contributed by atoms with E-state index in [1.54, 1.807) is 11.8 Å². The van der Waals surface area contributed by atoms with Crippen LogP contribution in [0.3, 0.4) is 0 Å². The molecule has 0 spiro atoms. The van der Waals surface area contributed by atoms with Gasteiger partial charge in [-0.15, -0.1) is 0 Å². The van der Waals surface area contributed by atoms with Crippen LogP contribution in [0.5, 0.6) is 0 Å². The number of carbonyl (C=O) groups excluding carboxylic acids is 1. The first-order valence-corrected chi connectivity index (χ1v) is 11.5. The number of carbonyl (C=O) groups is 1. The predicted molar refractivity (Wildman–Crippen MR) is 108 cm³/mol. The van der Waals surface area contributed by atoms with Gasteiger partial charge in [0, 0.05) is 5.75 Å². The molecule has 138 valence electrons. The lowest BCUT2D eigenvalue weighted by molar-refractivity contribution is -0.149. The Morgan fingerprint density at radius 1 is 1.22 bits per heavy atom. The molecular formula is C17H34INO3S. The van der Waals surface area contributed by atoms with E-state index in [2.05, 4.69) is 29.5 Å². The van der Waals surface area contributed by atoms with E-state index in [9.17, 15) is 9.90 Å². The fourth-order valence-electron chi connectivity index (χ4n) is 2.22. The maximum atomic E-state index is 11.9. The van der Waals surface area contributed by atoms with Crippen molar-refractivity contribution < 1.29 is 14.6 Å². The molecule has 3 atom stereocenters. The minimum Gasteiger partial charge on any atom is -0.461 e. The van der Waals surface area contributed by atoms with E-state index in [1.165, 1.54) is 17.3 Å². The third-order valence-electron chi connectivity index (χ3n) is 3.61. The zero-order valence-corrected chi connectivity index (χ0v) is 17.6. The smallest absolute Gasteiger partial charge is 0.324 e. The summed E-state index contributed by atoms with van der Waals surface area (Å²) in [5, 5.41) is 9.64. The molecule has 0 saturated carbocycles. The Morgan fingerprint density at radius 3 is 2.61 bits per heavy atom. The highest BCUT2D eigenvalue weighted by atomic mass is 127. The van der Waals surface area contributed by atoms with E-state index in [1.807, 2.05) is 6.92 Å². The van der Waals surface area contributed by atoms with E-state index in [0.29, 0.717) is 5.75 Å². The number of aliphatic hydroxyl groups excluding tert-OH is 1. The molecule has 0 aromatic carbocycles. The van der Waals surface area contributed by atoms with Gasteiger partial charge in [0.15, 0.2) is 0 Å². The van der Waals surface area contributed by atoms with E-state index in [4.69, 9.17) is 10.5 Å². The van der Waals surface area contributed by atoms with E-state index in [0.717, 1.165) is 44.3 Å². The summed E-state index contributed by atoms with van der Waals surface area (Å²) >= 11 is 4.04. The van der Waals surface area contributed by atoms with Crippen molar-refractivity contribution in [1.29, 1.82) is 0 Å². The summed E-state index contributed by atoms with van der Waals surface area (Å²) in [6.45, 7) is 4.02. The van der Waals surface area contributed by atoms with Crippen LogP contribution in [-0.4, -0.2) is 45.3 Å². The quantitative estimate of drug-likeness (QED) is 0.168. The molecule has 3 N–H and O–H groups in total. The normalized spacial score (nSPS) is 15.2. The summed E-state index contributed by atoms with van der Waals surface area (Å²) in [6, 6.07) is -0.544. The van der Waals surface area contributed by atoms with Gasteiger partial charge in [-0.2, -0.15) is 11.8 Å². The van der Waals surface area contributed by atoms with Crippen LogP contribution in [0.1, 0.15) is 65.2 Å². The summed E-state index contributed by atoms with van der Waals surface area (Å²) in [5.74, 6) is 1.22. The average Bonchev–Trinajstić information content (AvgIpc) is 2.51. The topological polar surface area (TPSA) is 72.5 Å². The van der Waals surface area contributed by atoms with Crippen LogP contribution >= 0.6 is 34.4 Å². The van der Waals surface area contributed by atoms with Crippen LogP contribution in [0, 0.1) is 0 Å². The predicted octanol–water partition coefficient (Wildman–Crippen LogP) is 3.92. The lowest BCUT2D eigenvalue weighted by Crippen LogP contribution is -2.36. The van der Waals surface area contributed by atoms with Gasteiger partial charge in [0.1, 0.15) is 6.04 Å². The van der Waals surface area contributed by atoms with Crippen molar-refractivity contribution in [2.75, 3.05) is 15.9 Å². The summed E-state index contributed by atoms with van der Waals surface area (Å²) in [4.78, 5) is 11.9. The van der Waals surface area contributed by atoms with Crippen LogP contribution in [0.2, 0.25) is 0 Å². The number of halogens is 1. The number of unbranched alkanes of at least 4 members (excludes halogenated alkanes) is 2. The number of aliphatic hydroxyl groups is 1. The number of rotatable bonds is 15. The van der Waals surface area contributed by atoms with Crippen LogP contribution in [-0.2, 0) is 9.53 Å². The molecule has 0 rings (SSSR count). The Kier molecular flexibility index (Phi) is 16.3. The highest BCUT2D eigenvalue weighted by Gasteiger charge is 2.17. The summed E-state index contributed by atoms with van der Waals surface area (Å²) < 4.78 is 6.58. The molecule has 0 fully saturated rings. The highest BCUT2D eigenvalue weighted by molar-refractivity contribution is 14.1. The second-order valence-corrected chi connectivity index (χ2v) is 8.28. The number of esters is 1. The zero-order chi connectivity index (χ0) is 17.5. The first-order valence-electron chi connectivity index (χ1n) is 8.79. The van der Waals surface area contributed by atoms with Gasteiger partial charge in [-0.3, -0.25) is 4.79 Å². The number of alkyl halides is 1. The molecule has 2 unspecified atom stereocenters. The summed E-state index contributed by atoms with van der Waals surface area (Å²) in [7, 11) is 0. The first-order chi connectivity index (χ1) is 11.0. The van der Waals surface area contributed by atoms with Crippen molar-refractivity contribution in [1.82, 2.24) is 0 Å². The Hall–Kier alpha value is 0.470. The van der Waals surface area contributed by atoms with Gasteiger partial charge in [0.25, 0.3) is 0 Å². The molecule has 0 bridgehead atoms. The maximum Gasteiger partial charge on any atom is 0.324 e. The van der Waals surface area contributed by atoms with Crippen molar-refractivity contribution in [2.45, 2.75) is 83.5 Å². The number of hydrogen-bond donors (Lipinski definition) is 2.